The molecule has 1 heterocycles. The Labute approximate surface area is 110 Å². The van der Waals surface area contributed by atoms with Crippen LogP contribution in [0.15, 0.2) is 18.2 Å². The number of carboxylic acid groups (broad SMARTS) is 1. The summed E-state index contributed by atoms with van der Waals surface area (Å²) in [7, 11) is 0. The summed E-state index contributed by atoms with van der Waals surface area (Å²) in [6.45, 7) is 1.74. The third-order valence-corrected chi connectivity index (χ3v) is 3.43. The monoisotopic (exact) mass is 264 g/mol. The lowest BCUT2D eigenvalue weighted by atomic mass is 10.1. The van der Waals surface area contributed by atoms with Gasteiger partial charge < -0.3 is 20.8 Å². The van der Waals surface area contributed by atoms with E-state index in [4.69, 9.17) is 10.8 Å². The number of carbonyl (C=O) groups excluding carboxylic acids is 1. The molecule has 2 atom stereocenters. The Kier molecular flexibility index (Phi) is 3.44. The second-order valence-corrected chi connectivity index (χ2v) is 4.72. The van der Waals surface area contributed by atoms with Crippen LogP contribution < -0.4 is 5.73 Å². The van der Waals surface area contributed by atoms with Gasteiger partial charge in [-0.2, -0.15) is 0 Å². The largest absolute Gasteiger partial charge is 0.480 e. The molecule has 1 amide bonds. The number of hydrogen-bond donors (Lipinski definition) is 3. The van der Waals surface area contributed by atoms with Crippen LogP contribution in [-0.4, -0.2) is 45.7 Å². The molecule has 0 unspecified atom stereocenters. The van der Waals surface area contributed by atoms with Crippen molar-refractivity contribution in [3.8, 4) is 0 Å². The zero-order valence-corrected chi connectivity index (χ0v) is 10.5. The maximum atomic E-state index is 12.4. The van der Waals surface area contributed by atoms with Gasteiger partial charge in [-0.3, -0.25) is 4.79 Å². The van der Waals surface area contributed by atoms with Crippen molar-refractivity contribution in [2.24, 2.45) is 0 Å². The third kappa shape index (κ3) is 2.39. The number of aliphatic hydroxyl groups excluding tert-OH is 1. The molecular weight excluding hydrogens is 248 g/mol. The summed E-state index contributed by atoms with van der Waals surface area (Å²) < 4.78 is 0. The number of anilines is 1. The van der Waals surface area contributed by atoms with Crippen molar-refractivity contribution in [3.05, 3.63) is 29.3 Å². The highest BCUT2D eigenvalue weighted by molar-refractivity contribution is 5.99. The molecule has 19 heavy (non-hydrogen) atoms. The average molecular weight is 264 g/mol. The SMILES string of the molecule is Cc1c(N)cccc1C(=O)N1C[C@H](O)C[C@@H]1C(=O)O. The Morgan fingerprint density at radius 1 is 1.42 bits per heavy atom. The van der Waals surface area contributed by atoms with Gasteiger partial charge in [0.05, 0.1) is 6.10 Å². The number of carboxylic acids is 1. The predicted molar refractivity (Wildman–Crippen MR) is 68.7 cm³/mol. The van der Waals surface area contributed by atoms with Crippen molar-refractivity contribution in [3.63, 3.8) is 0 Å². The number of hydrogen-bond acceptors (Lipinski definition) is 4. The average Bonchev–Trinajstić information content (AvgIpc) is 2.74. The third-order valence-electron chi connectivity index (χ3n) is 3.43. The van der Waals surface area contributed by atoms with Gasteiger partial charge in [0, 0.05) is 24.2 Å². The van der Waals surface area contributed by atoms with Gasteiger partial charge in [0.25, 0.3) is 5.91 Å². The van der Waals surface area contributed by atoms with E-state index in [2.05, 4.69) is 0 Å². The number of aliphatic hydroxyl groups is 1. The molecule has 6 nitrogen and oxygen atoms in total. The van der Waals surface area contributed by atoms with Crippen LogP contribution in [-0.2, 0) is 4.79 Å². The minimum absolute atomic E-state index is 0.0318. The van der Waals surface area contributed by atoms with Gasteiger partial charge in [0.2, 0.25) is 0 Å². The molecule has 4 N–H and O–H groups in total. The van der Waals surface area contributed by atoms with Crippen molar-refractivity contribution in [1.82, 2.24) is 4.90 Å². The van der Waals surface area contributed by atoms with Crippen LogP contribution >= 0.6 is 0 Å². The van der Waals surface area contributed by atoms with Crippen LogP contribution in [0, 0.1) is 6.92 Å². The number of likely N-dealkylation sites (tertiary alicyclic amines) is 1. The van der Waals surface area contributed by atoms with Crippen molar-refractivity contribution < 1.29 is 19.8 Å². The van der Waals surface area contributed by atoms with E-state index in [1.807, 2.05) is 0 Å². The molecule has 2 rings (SSSR count). The molecule has 0 saturated carbocycles. The van der Waals surface area contributed by atoms with E-state index in [1.54, 1.807) is 25.1 Å². The number of carbonyl (C=O) groups is 2. The Bertz CT molecular complexity index is 529. The van der Waals surface area contributed by atoms with Gasteiger partial charge in [-0.25, -0.2) is 4.79 Å². The maximum Gasteiger partial charge on any atom is 0.326 e. The van der Waals surface area contributed by atoms with E-state index in [0.29, 0.717) is 16.8 Å². The number of amides is 1. The van der Waals surface area contributed by atoms with E-state index in [1.165, 1.54) is 4.90 Å². The number of nitrogens with two attached hydrogens (primary N) is 1. The number of aliphatic carboxylic acids is 1. The van der Waals surface area contributed by atoms with E-state index in [9.17, 15) is 14.7 Å². The summed E-state index contributed by atoms with van der Waals surface area (Å²) in [6, 6.07) is 3.96. The Morgan fingerprint density at radius 2 is 2.11 bits per heavy atom. The lowest BCUT2D eigenvalue weighted by Crippen LogP contribution is -2.40. The standard InChI is InChI=1S/C13H16N2O4/c1-7-9(3-2-4-10(7)14)12(17)15-6-8(16)5-11(15)13(18)19/h2-4,8,11,16H,5-6,14H2,1H3,(H,18,19)/t8-,11-/m1/s1. The summed E-state index contributed by atoms with van der Waals surface area (Å²) in [5.41, 5.74) is 7.22. The molecule has 1 aromatic carbocycles. The number of β-amino-alcohol motifs (C(OH)–C–C–N with tert-alkyl or cyclic N) is 1. The van der Waals surface area contributed by atoms with Crippen molar-refractivity contribution >= 4 is 17.6 Å². The lowest BCUT2D eigenvalue weighted by Gasteiger charge is -2.22. The zero-order valence-electron chi connectivity index (χ0n) is 10.5. The summed E-state index contributed by atoms with van der Waals surface area (Å²) in [5, 5.41) is 18.6. The Balaban J connectivity index is 2.33. The topological polar surface area (TPSA) is 104 Å². The molecule has 1 aliphatic heterocycles. The van der Waals surface area contributed by atoms with E-state index >= 15 is 0 Å². The molecule has 0 aliphatic carbocycles. The van der Waals surface area contributed by atoms with E-state index in [0.717, 1.165) is 0 Å². The predicted octanol–water partition coefficient (Wildman–Crippen LogP) is 0.237. The number of benzene rings is 1. The van der Waals surface area contributed by atoms with Crippen molar-refractivity contribution in [2.45, 2.75) is 25.5 Å². The van der Waals surface area contributed by atoms with Gasteiger partial charge in [0.15, 0.2) is 0 Å². The van der Waals surface area contributed by atoms with Crippen LogP contribution in [0.1, 0.15) is 22.3 Å². The molecule has 0 aromatic heterocycles. The molecule has 1 aromatic rings. The maximum absolute atomic E-state index is 12.4. The molecular formula is C13H16N2O4. The van der Waals surface area contributed by atoms with Crippen LogP contribution in [0.25, 0.3) is 0 Å². The van der Waals surface area contributed by atoms with Crippen LogP contribution in [0.5, 0.6) is 0 Å². The van der Waals surface area contributed by atoms with Crippen LogP contribution in [0.3, 0.4) is 0 Å². The fourth-order valence-corrected chi connectivity index (χ4v) is 2.31. The molecule has 0 bridgehead atoms. The van der Waals surface area contributed by atoms with Crippen molar-refractivity contribution in [1.29, 1.82) is 0 Å². The highest BCUT2D eigenvalue weighted by Gasteiger charge is 2.39. The second kappa shape index (κ2) is 4.89. The minimum Gasteiger partial charge on any atom is -0.480 e. The number of nitrogens with zero attached hydrogens (tertiary/aromatic N) is 1. The first-order chi connectivity index (χ1) is 8.91. The summed E-state index contributed by atoms with van der Waals surface area (Å²) in [4.78, 5) is 24.7. The quantitative estimate of drug-likeness (QED) is 0.664. The first kappa shape index (κ1) is 13.4. The van der Waals surface area contributed by atoms with Gasteiger partial charge in [-0.15, -0.1) is 0 Å². The highest BCUT2D eigenvalue weighted by atomic mass is 16.4. The minimum atomic E-state index is -1.11. The van der Waals surface area contributed by atoms with Crippen molar-refractivity contribution in [2.75, 3.05) is 12.3 Å². The molecule has 0 spiro atoms. The van der Waals surface area contributed by atoms with E-state index < -0.39 is 24.0 Å². The Hall–Kier alpha value is -2.08. The van der Waals surface area contributed by atoms with E-state index in [-0.39, 0.29) is 13.0 Å². The fourth-order valence-electron chi connectivity index (χ4n) is 2.31. The zero-order chi connectivity index (χ0) is 14.2. The van der Waals surface area contributed by atoms with Gasteiger partial charge in [0.1, 0.15) is 6.04 Å². The normalized spacial score (nSPS) is 22.5. The first-order valence-electron chi connectivity index (χ1n) is 5.98. The number of rotatable bonds is 2. The second-order valence-electron chi connectivity index (χ2n) is 4.72. The lowest BCUT2D eigenvalue weighted by molar-refractivity contribution is -0.141. The molecule has 0 radical (unpaired) electrons. The highest BCUT2D eigenvalue weighted by Crippen LogP contribution is 2.24. The molecule has 6 heteroatoms. The van der Waals surface area contributed by atoms with Gasteiger partial charge >= 0.3 is 5.97 Å². The fraction of sp³-hybridized carbons (Fsp3) is 0.385. The summed E-state index contributed by atoms with van der Waals surface area (Å²) in [6.07, 6.45) is -0.742. The van der Waals surface area contributed by atoms with Gasteiger partial charge in [-0.05, 0) is 24.6 Å². The summed E-state index contributed by atoms with van der Waals surface area (Å²) in [5.74, 6) is -1.51. The van der Waals surface area contributed by atoms with Gasteiger partial charge in [-0.1, -0.05) is 6.07 Å². The first-order valence-corrected chi connectivity index (χ1v) is 5.98. The molecule has 102 valence electrons. The smallest absolute Gasteiger partial charge is 0.326 e. The summed E-state index contributed by atoms with van der Waals surface area (Å²) >= 11 is 0. The number of nitrogen functional groups attached to an aromatic ring is 1. The molecule has 1 fully saturated rings. The molecule has 1 aliphatic rings. The van der Waals surface area contributed by atoms with Crippen LogP contribution in [0.4, 0.5) is 5.69 Å². The Morgan fingerprint density at radius 3 is 2.74 bits per heavy atom. The van der Waals surface area contributed by atoms with Crippen LogP contribution in [0.2, 0.25) is 0 Å². The molecule has 1 saturated heterocycles.